The molecular weight excluding hydrogens is 283 g/mol. The third kappa shape index (κ3) is 2.71. The Bertz CT molecular complexity index is 726. The number of hydrogen-bond donors (Lipinski definition) is 2. The topological polar surface area (TPSA) is 73.1 Å². The average Bonchev–Trinajstić information content (AvgIpc) is 2.41. The van der Waals surface area contributed by atoms with Crippen LogP contribution >= 0.6 is 11.6 Å². The molecule has 100 valence electrons. The molecule has 0 aliphatic carbocycles. The van der Waals surface area contributed by atoms with Gasteiger partial charge in [0.05, 0.1) is 16.9 Å². The van der Waals surface area contributed by atoms with Crippen molar-refractivity contribution in [3.8, 4) is 6.07 Å². The van der Waals surface area contributed by atoms with Gasteiger partial charge in [-0.1, -0.05) is 17.7 Å². The van der Waals surface area contributed by atoms with Crippen LogP contribution < -0.4 is 5.32 Å². The summed E-state index contributed by atoms with van der Waals surface area (Å²) < 4.78 is 13.5. The predicted molar refractivity (Wildman–Crippen MR) is 72.8 cm³/mol. The monoisotopic (exact) mass is 290 g/mol. The number of carboxylic acid groups (broad SMARTS) is 1. The van der Waals surface area contributed by atoms with Gasteiger partial charge in [-0.3, -0.25) is 0 Å². The van der Waals surface area contributed by atoms with E-state index < -0.39 is 11.8 Å². The van der Waals surface area contributed by atoms with E-state index in [1.165, 1.54) is 30.3 Å². The van der Waals surface area contributed by atoms with Gasteiger partial charge in [-0.25, -0.2) is 9.18 Å². The SMILES string of the molecule is N#Cc1c(F)cccc1Nc1ccc(Cl)cc1C(=O)O. The highest BCUT2D eigenvalue weighted by atomic mass is 35.5. The Morgan fingerprint density at radius 2 is 2.05 bits per heavy atom. The number of carboxylic acids is 1. The average molecular weight is 291 g/mol. The molecule has 2 N–H and O–H groups in total. The summed E-state index contributed by atoms with van der Waals surface area (Å²) in [6.45, 7) is 0. The Morgan fingerprint density at radius 3 is 2.70 bits per heavy atom. The van der Waals surface area contributed by atoms with E-state index in [1.807, 2.05) is 0 Å². The molecule has 0 spiro atoms. The molecule has 6 heteroatoms. The van der Waals surface area contributed by atoms with E-state index in [4.69, 9.17) is 22.0 Å². The van der Waals surface area contributed by atoms with E-state index in [-0.39, 0.29) is 27.5 Å². The van der Waals surface area contributed by atoms with E-state index >= 15 is 0 Å². The van der Waals surface area contributed by atoms with Gasteiger partial charge in [0, 0.05) is 5.02 Å². The Kier molecular flexibility index (Phi) is 3.87. The molecule has 2 aromatic carbocycles. The molecule has 0 radical (unpaired) electrons. The zero-order valence-electron chi connectivity index (χ0n) is 10.0. The van der Waals surface area contributed by atoms with Gasteiger partial charge in [0.1, 0.15) is 17.4 Å². The minimum absolute atomic E-state index is 0.0642. The van der Waals surface area contributed by atoms with E-state index in [0.717, 1.165) is 6.07 Å². The van der Waals surface area contributed by atoms with Crippen LogP contribution in [0, 0.1) is 17.1 Å². The summed E-state index contributed by atoms with van der Waals surface area (Å²) in [7, 11) is 0. The molecule has 2 aromatic rings. The molecule has 0 atom stereocenters. The largest absolute Gasteiger partial charge is 0.478 e. The maximum atomic E-state index is 13.5. The molecule has 0 aliphatic rings. The fourth-order valence-corrected chi connectivity index (χ4v) is 1.86. The summed E-state index contributed by atoms with van der Waals surface area (Å²) in [5.41, 5.74) is 0.172. The van der Waals surface area contributed by atoms with Crippen LogP contribution in [0.25, 0.3) is 0 Å². The van der Waals surface area contributed by atoms with E-state index in [0.29, 0.717) is 0 Å². The fraction of sp³-hybridized carbons (Fsp3) is 0. The molecule has 0 fully saturated rings. The fourth-order valence-electron chi connectivity index (χ4n) is 1.69. The molecule has 0 saturated carbocycles. The van der Waals surface area contributed by atoms with Crippen molar-refractivity contribution in [2.24, 2.45) is 0 Å². The van der Waals surface area contributed by atoms with Crippen molar-refractivity contribution in [1.29, 1.82) is 5.26 Å². The third-order valence-corrected chi connectivity index (χ3v) is 2.84. The smallest absolute Gasteiger partial charge is 0.337 e. The van der Waals surface area contributed by atoms with Gasteiger partial charge in [0.15, 0.2) is 0 Å². The van der Waals surface area contributed by atoms with Crippen LogP contribution in [0.3, 0.4) is 0 Å². The molecule has 0 saturated heterocycles. The number of halogens is 2. The van der Waals surface area contributed by atoms with Crippen molar-refractivity contribution in [1.82, 2.24) is 0 Å². The first-order valence-corrected chi connectivity index (χ1v) is 5.89. The van der Waals surface area contributed by atoms with Crippen LogP contribution in [-0.4, -0.2) is 11.1 Å². The molecule has 0 bridgehead atoms. The van der Waals surface area contributed by atoms with Crippen molar-refractivity contribution >= 4 is 28.9 Å². The lowest BCUT2D eigenvalue weighted by molar-refractivity contribution is 0.0698. The number of carbonyl (C=O) groups is 1. The first kappa shape index (κ1) is 13.8. The molecule has 4 nitrogen and oxygen atoms in total. The van der Waals surface area contributed by atoms with Crippen LogP contribution in [0.1, 0.15) is 15.9 Å². The zero-order valence-corrected chi connectivity index (χ0v) is 10.8. The van der Waals surface area contributed by atoms with Gasteiger partial charge in [-0.15, -0.1) is 0 Å². The van der Waals surface area contributed by atoms with E-state index in [2.05, 4.69) is 5.32 Å². The van der Waals surface area contributed by atoms with Crippen molar-refractivity contribution in [2.45, 2.75) is 0 Å². The molecule has 2 rings (SSSR count). The molecule has 0 amide bonds. The number of nitriles is 1. The lowest BCUT2D eigenvalue weighted by Gasteiger charge is -2.11. The van der Waals surface area contributed by atoms with E-state index in [9.17, 15) is 9.18 Å². The number of nitrogens with one attached hydrogen (secondary N) is 1. The Labute approximate surface area is 119 Å². The van der Waals surface area contributed by atoms with Crippen LogP contribution in [0.5, 0.6) is 0 Å². The Balaban J connectivity index is 2.49. The van der Waals surface area contributed by atoms with Crippen molar-refractivity contribution in [3.63, 3.8) is 0 Å². The number of nitrogens with zero attached hydrogens (tertiary/aromatic N) is 1. The predicted octanol–water partition coefficient (Wildman–Crippen LogP) is 3.79. The summed E-state index contributed by atoms with van der Waals surface area (Å²) in [4.78, 5) is 11.1. The molecule has 0 aliphatic heterocycles. The lowest BCUT2D eigenvalue weighted by Crippen LogP contribution is -2.04. The first-order valence-electron chi connectivity index (χ1n) is 5.51. The summed E-state index contributed by atoms with van der Waals surface area (Å²) >= 11 is 5.74. The van der Waals surface area contributed by atoms with E-state index in [1.54, 1.807) is 6.07 Å². The number of hydrogen-bond acceptors (Lipinski definition) is 3. The Morgan fingerprint density at radius 1 is 1.30 bits per heavy atom. The van der Waals surface area contributed by atoms with Gasteiger partial charge in [0.25, 0.3) is 0 Å². The molecular formula is C14H8ClFN2O2. The number of anilines is 2. The summed E-state index contributed by atoms with van der Waals surface area (Å²) in [6, 6.07) is 10.0. The molecule has 0 aromatic heterocycles. The zero-order chi connectivity index (χ0) is 14.7. The summed E-state index contributed by atoms with van der Waals surface area (Å²) in [6.07, 6.45) is 0. The van der Waals surface area contributed by atoms with Crippen LogP contribution in [0.15, 0.2) is 36.4 Å². The van der Waals surface area contributed by atoms with Gasteiger partial charge >= 0.3 is 5.97 Å². The quantitative estimate of drug-likeness (QED) is 0.902. The number of benzene rings is 2. The van der Waals surface area contributed by atoms with Gasteiger partial charge in [-0.05, 0) is 30.3 Å². The maximum Gasteiger partial charge on any atom is 0.337 e. The minimum atomic E-state index is -1.18. The number of rotatable bonds is 3. The minimum Gasteiger partial charge on any atom is -0.478 e. The van der Waals surface area contributed by atoms with Gasteiger partial charge < -0.3 is 10.4 Å². The third-order valence-electron chi connectivity index (χ3n) is 2.61. The van der Waals surface area contributed by atoms with Crippen molar-refractivity contribution in [3.05, 3.63) is 58.4 Å². The molecule has 20 heavy (non-hydrogen) atoms. The standard InChI is InChI=1S/C14H8ClFN2O2/c15-8-4-5-13(9(6-8)14(19)20)18-12-3-1-2-11(16)10(12)7-17/h1-6,18H,(H,19,20). The summed E-state index contributed by atoms with van der Waals surface area (Å²) in [5, 5.41) is 21.1. The first-order chi connectivity index (χ1) is 9.52. The Hall–Kier alpha value is -2.58. The second-order valence-electron chi connectivity index (χ2n) is 3.89. The normalized spacial score (nSPS) is 9.85. The highest BCUT2D eigenvalue weighted by Crippen LogP contribution is 2.27. The maximum absolute atomic E-state index is 13.5. The second-order valence-corrected chi connectivity index (χ2v) is 4.33. The van der Waals surface area contributed by atoms with Crippen LogP contribution in [0.2, 0.25) is 5.02 Å². The summed E-state index contributed by atoms with van der Waals surface area (Å²) in [5.74, 6) is -1.85. The van der Waals surface area contributed by atoms with Crippen LogP contribution in [0.4, 0.5) is 15.8 Å². The molecule has 0 heterocycles. The van der Waals surface area contributed by atoms with Crippen molar-refractivity contribution < 1.29 is 14.3 Å². The second kappa shape index (κ2) is 5.59. The lowest BCUT2D eigenvalue weighted by atomic mass is 10.1. The highest BCUT2D eigenvalue weighted by Gasteiger charge is 2.13. The number of aromatic carboxylic acids is 1. The van der Waals surface area contributed by atoms with Crippen LogP contribution in [-0.2, 0) is 0 Å². The highest BCUT2D eigenvalue weighted by molar-refractivity contribution is 6.31. The van der Waals surface area contributed by atoms with Gasteiger partial charge in [0.2, 0.25) is 0 Å². The van der Waals surface area contributed by atoms with Crippen molar-refractivity contribution in [2.75, 3.05) is 5.32 Å². The van der Waals surface area contributed by atoms with Gasteiger partial charge in [-0.2, -0.15) is 5.26 Å². The molecule has 0 unspecified atom stereocenters.